The largest absolute Gasteiger partial charge is 0.319 e. The van der Waals surface area contributed by atoms with Gasteiger partial charge < -0.3 is 5.32 Å². The number of hydrogen-bond donors (Lipinski definition) is 1. The first kappa shape index (κ1) is 19.9. The van der Waals surface area contributed by atoms with Crippen molar-refractivity contribution in [3.8, 4) is 5.69 Å². The number of carbonyl (C=O) groups excluding carboxylic acids is 1. The Morgan fingerprint density at radius 3 is 2.50 bits per heavy atom. The Morgan fingerprint density at radius 2 is 1.73 bits per heavy atom. The fraction of sp³-hybridized carbons (Fsp3) is 0.182. The molecule has 0 aliphatic heterocycles. The van der Waals surface area contributed by atoms with Crippen LogP contribution in [0.4, 0.5) is 5.69 Å². The van der Waals surface area contributed by atoms with E-state index in [4.69, 9.17) is 0 Å². The van der Waals surface area contributed by atoms with Gasteiger partial charge in [0.05, 0.1) is 22.7 Å². The van der Waals surface area contributed by atoms with Gasteiger partial charge in [0.1, 0.15) is 16.5 Å². The van der Waals surface area contributed by atoms with Crippen molar-refractivity contribution in [2.75, 3.05) is 11.1 Å². The zero-order valence-electron chi connectivity index (χ0n) is 16.9. The van der Waals surface area contributed by atoms with Crippen LogP contribution in [0.5, 0.6) is 0 Å². The first-order valence-electron chi connectivity index (χ1n) is 9.46. The number of aromatic nitrogens is 4. The second-order valence-corrected chi connectivity index (χ2v) is 7.83. The van der Waals surface area contributed by atoms with Gasteiger partial charge in [-0.25, -0.2) is 14.6 Å². The van der Waals surface area contributed by atoms with Gasteiger partial charge in [0.2, 0.25) is 5.91 Å². The Bertz CT molecular complexity index is 1290. The van der Waals surface area contributed by atoms with Crippen LogP contribution in [0.3, 0.4) is 0 Å². The van der Waals surface area contributed by atoms with Gasteiger partial charge in [-0.2, -0.15) is 0 Å². The molecule has 0 fully saturated rings. The van der Waals surface area contributed by atoms with Crippen molar-refractivity contribution in [2.24, 2.45) is 7.05 Å². The van der Waals surface area contributed by atoms with E-state index in [9.17, 15) is 9.59 Å². The zero-order chi connectivity index (χ0) is 21.3. The lowest BCUT2D eigenvalue weighted by Gasteiger charge is -2.07. The maximum absolute atomic E-state index is 12.9. The molecule has 1 amide bonds. The molecule has 0 bridgehead atoms. The average Bonchev–Trinajstić information content (AvgIpc) is 2.95. The van der Waals surface area contributed by atoms with E-state index in [1.807, 2.05) is 68.4 Å². The minimum Gasteiger partial charge on any atom is -0.319 e. The summed E-state index contributed by atoms with van der Waals surface area (Å²) in [6.45, 7) is 3.64. The van der Waals surface area contributed by atoms with Gasteiger partial charge in [-0.3, -0.25) is 14.3 Å². The Labute approximate surface area is 177 Å². The van der Waals surface area contributed by atoms with Crippen LogP contribution in [0, 0.1) is 13.8 Å². The quantitative estimate of drug-likeness (QED) is 0.396. The molecule has 7 nitrogen and oxygen atoms in total. The van der Waals surface area contributed by atoms with Crippen LogP contribution in [-0.4, -0.2) is 31.0 Å². The van der Waals surface area contributed by atoms with Gasteiger partial charge in [0, 0.05) is 12.4 Å². The Kier molecular flexibility index (Phi) is 5.41. The van der Waals surface area contributed by atoms with E-state index in [1.54, 1.807) is 16.4 Å². The topological polar surface area (TPSA) is 81.8 Å². The number of aryl methyl sites for hydroxylation is 1. The number of benzene rings is 2. The molecule has 2 aromatic heterocycles. The third kappa shape index (κ3) is 3.73. The summed E-state index contributed by atoms with van der Waals surface area (Å²) >= 11 is 1.33. The molecule has 0 unspecified atom stereocenters. The van der Waals surface area contributed by atoms with Crippen LogP contribution in [0.25, 0.3) is 16.6 Å². The van der Waals surface area contributed by atoms with Crippen molar-refractivity contribution in [2.45, 2.75) is 18.9 Å². The standard InChI is InChI=1S/C22H21N5O2S/c1-14-20(22(29)27(26(14)3)16-9-5-4-6-10-16)25-19(28)13-30-21-17-11-7-8-12-18(17)23-15(2)24-21/h4-12H,13H2,1-3H3,(H,25,28). The highest BCUT2D eigenvalue weighted by Gasteiger charge is 2.18. The highest BCUT2D eigenvalue weighted by molar-refractivity contribution is 8.00. The number of rotatable bonds is 5. The third-order valence-corrected chi connectivity index (χ3v) is 5.83. The lowest BCUT2D eigenvalue weighted by molar-refractivity contribution is -0.113. The number of fused-ring (bicyclic) bond motifs is 1. The summed E-state index contributed by atoms with van der Waals surface area (Å²) in [5, 5.41) is 4.44. The van der Waals surface area contributed by atoms with Crippen LogP contribution in [0.1, 0.15) is 11.5 Å². The summed E-state index contributed by atoms with van der Waals surface area (Å²) in [4.78, 5) is 34.5. The first-order valence-corrected chi connectivity index (χ1v) is 10.4. The average molecular weight is 420 g/mol. The van der Waals surface area contributed by atoms with E-state index in [-0.39, 0.29) is 22.9 Å². The molecule has 0 radical (unpaired) electrons. The van der Waals surface area contributed by atoms with Gasteiger partial charge in [-0.05, 0) is 32.0 Å². The number of nitrogens with zero attached hydrogens (tertiary/aromatic N) is 4. The Hall–Kier alpha value is -3.39. The Balaban J connectivity index is 1.55. The van der Waals surface area contributed by atoms with Gasteiger partial charge in [0.25, 0.3) is 5.56 Å². The molecule has 4 rings (SSSR count). The fourth-order valence-corrected chi connectivity index (χ4v) is 4.15. The van der Waals surface area contributed by atoms with Crippen molar-refractivity contribution >= 4 is 34.3 Å². The van der Waals surface area contributed by atoms with Crippen molar-refractivity contribution in [3.63, 3.8) is 0 Å². The van der Waals surface area contributed by atoms with Gasteiger partial charge in [0.15, 0.2) is 0 Å². The molecule has 152 valence electrons. The van der Waals surface area contributed by atoms with Crippen LogP contribution in [0.2, 0.25) is 0 Å². The summed E-state index contributed by atoms with van der Waals surface area (Å²) in [6, 6.07) is 17.0. The lowest BCUT2D eigenvalue weighted by Crippen LogP contribution is -2.23. The smallest absolute Gasteiger partial charge is 0.295 e. The molecule has 0 atom stereocenters. The van der Waals surface area contributed by atoms with E-state index in [2.05, 4.69) is 15.3 Å². The molecule has 2 heterocycles. The predicted octanol–water partition coefficient (Wildman–Crippen LogP) is 3.47. The second kappa shape index (κ2) is 8.16. The van der Waals surface area contributed by atoms with Crippen LogP contribution in [-0.2, 0) is 11.8 Å². The minimum atomic E-state index is -0.261. The first-order chi connectivity index (χ1) is 14.5. The molecule has 2 aromatic carbocycles. The molecule has 4 aromatic rings. The van der Waals surface area contributed by atoms with E-state index in [0.29, 0.717) is 11.5 Å². The summed E-state index contributed by atoms with van der Waals surface area (Å²) in [6.07, 6.45) is 0. The molecule has 1 N–H and O–H groups in total. The van der Waals surface area contributed by atoms with E-state index in [1.165, 1.54) is 11.8 Å². The van der Waals surface area contributed by atoms with Crippen molar-refractivity contribution < 1.29 is 4.79 Å². The molecule has 8 heteroatoms. The number of amides is 1. The van der Waals surface area contributed by atoms with Crippen molar-refractivity contribution in [1.29, 1.82) is 0 Å². The summed E-state index contributed by atoms with van der Waals surface area (Å²) in [7, 11) is 1.80. The van der Waals surface area contributed by atoms with Gasteiger partial charge >= 0.3 is 0 Å². The lowest BCUT2D eigenvalue weighted by atomic mass is 10.2. The third-order valence-electron chi connectivity index (χ3n) is 4.84. The summed E-state index contributed by atoms with van der Waals surface area (Å²) < 4.78 is 3.28. The molecule has 30 heavy (non-hydrogen) atoms. The van der Waals surface area contributed by atoms with Gasteiger partial charge in [-0.1, -0.05) is 48.2 Å². The molecule has 0 saturated carbocycles. The number of para-hydroxylation sites is 2. The zero-order valence-corrected chi connectivity index (χ0v) is 17.7. The van der Waals surface area contributed by atoms with Crippen molar-refractivity contribution in [1.82, 2.24) is 19.3 Å². The molecule has 0 aliphatic rings. The number of thioether (sulfide) groups is 1. The molecule has 0 aliphatic carbocycles. The number of carbonyl (C=O) groups is 1. The van der Waals surface area contributed by atoms with E-state index < -0.39 is 0 Å². The second-order valence-electron chi connectivity index (χ2n) is 6.87. The van der Waals surface area contributed by atoms with E-state index >= 15 is 0 Å². The molecular formula is C22H21N5O2S. The van der Waals surface area contributed by atoms with E-state index in [0.717, 1.165) is 21.6 Å². The number of nitrogens with one attached hydrogen (secondary N) is 1. The summed E-state index contributed by atoms with van der Waals surface area (Å²) in [5.74, 6) is 0.534. The van der Waals surface area contributed by atoms with Crippen LogP contribution in [0.15, 0.2) is 64.4 Å². The predicted molar refractivity (Wildman–Crippen MR) is 119 cm³/mol. The molecular weight excluding hydrogens is 398 g/mol. The highest BCUT2D eigenvalue weighted by atomic mass is 32.2. The molecule has 0 saturated heterocycles. The fourth-order valence-electron chi connectivity index (χ4n) is 3.29. The minimum absolute atomic E-state index is 0.138. The maximum Gasteiger partial charge on any atom is 0.295 e. The number of anilines is 1. The maximum atomic E-state index is 12.9. The van der Waals surface area contributed by atoms with Gasteiger partial charge in [-0.15, -0.1) is 0 Å². The van der Waals surface area contributed by atoms with Crippen molar-refractivity contribution in [3.05, 3.63) is 76.5 Å². The number of hydrogen-bond acceptors (Lipinski definition) is 5. The molecule has 0 spiro atoms. The van der Waals surface area contributed by atoms with Crippen LogP contribution >= 0.6 is 11.8 Å². The monoisotopic (exact) mass is 419 g/mol. The SMILES string of the molecule is Cc1nc(SCC(=O)Nc2c(C)n(C)n(-c3ccccc3)c2=O)c2ccccc2n1. The normalized spacial score (nSPS) is 11.0. The van der Waals surface area contributed by atoms with Crippen LogP contribution < -0.4 is 10.9 Å². The Morgan fingerprint density at radius 1 is 1.03 bits per heavy atom. The summed E-state index contributed by atoms with van der Waals surface area (Å²) in [5.41, 5.74) is 2.30. The highest BCUT2D eigenvalue weighted by Crippen LogP contribution is 2.25.